The van der Waals surface area contributed by atoms with Crippen molar-refractivity contribution in [1.82, 2.24) is 5.01 Å². The lowest BCUT2D eigenvalue weighted by Gasteiger charge is -2.45. The van der Waals surface area contributed by atoms with Crippen LogP contribution >= 0.6 is 43.5 Å². The topological polar surface area (TPSA) is 59.0 Å². The number of ether oxygens (including phenoxy) is 1. The van der Waals surface area contributed by atoms with Gasteiger partial charge in [-0.25, -0.2) is 0 Å². The molecule has 0 saturated carbocycles. The molecule has 4 aromatic carbocycles. The molecule has 5 nitrogen and oxygen atoms in total. The minimum absolute atomic E-state index is 0.153. The second-order valence-electron chi connectivity index (χ2n) is 10.2. The Bertz CT molecular complexity index is 1580. The molecule has 1 aliphatic heterocycles. The molecule has 1 heterocycles. The molecule has 0 aromatic heterocycles. The van der Waals surface area contributed by atoms with E-state index in [0.29, 0.717) is 31.9 Å². The van der Waals surface area contributed by atoms with E-state index in [4.69, 9.17) is 16.3 Å². The number of carbonyl (C=O) groups excluding carboxylic acids is 2. The molecule has 0 spiro atoms. The molecule has 2 bridgehead atoms. The summed E-state index contributed by atoms with van der Waals surface area (Å²) in [7, 11) is 0. The summed E-state index contributed by atoms with van der Waals surface area (Å²) >= 11 is 13.1. The molecule has 0 radical (unpaired) electrons. The van der Waals surface area contributed by atoms with E-state index in [1.807, 2.05) is 60.7 Å². The number of benzene rings is 4. The third-order valence-electron chi connectivity index (χ3n) is 8.06. The number of imide groups is 1. The highest BCUT2D eigenvalue weighted by molar-refractivity contribution is 9.11. The molecule has 4 aromatic rings. The number of carbonyl (C=O) groups is 2. The predicted octanol–water partition coefficient (Wildman–Crippen LogP) is 7.67. The molecule has 8 heteroatoms. The van der Waals surface area contributed by atoms with Gasteiger partial charge in [0.1, 0.15) is 12.4 Å². The van der Waals surface area contributed by atoms with E-state index in [9.17, 15) is 9.59 Å². The van der Waals surface area contributed by atoms with Gasteiger partial charge >= 0.3 is 0 Å². The summed E-state index contributed by atoms with van der Waals surface area (Å²) in [4.78, 5) is 27.5. The Kier molecular flexibility index (Phi) is 6.41. The fourth-order valence-corrected chi connectivity index (χ4v) is 8.00. The molecule has 1 saturated heterocycles. The number of rotatable bonds is 5. The third-order valence-corrected chi connectivity index (χ3v) is 9.49. The van der Waals surface area contributed by atoms with Gasteiger partial charge in [0.05, 0.1) is 27.0 Å². The highest BCUT2D eigenvalue weighted by Crippen LogP contribution is 2.61. The summed E-state index contributed by atoms with van der Waals surface area (Å²) in [5.74, 6) is -1.07. The Labute approximate surface area is 253 Å². The van der Waals surface area contributed by atoms with Crippen LogP contribution < -0.4 is 4.74 Å². The van der Waals surface area contributed by atoms with Gasteiger partial charge in [-0.1, -0.05) is 72.3 Å². The van der Waals surface area contributed by atoms with Gasteiger partial charge in [0.25, 0.3) is 11.8 Å². The van der Waals surface area contributed by atoms with Crippen LogP contribution in [0.5, 0.6) is 5.75 Å². The standard InChI is InChI=1S/C32H21Br2ClN2O3/c33-24-13-18(14-25(34)30(24)40-16-17-9-11-19(35)12-10-17)15-36-37-31(38)28-26-20-5-1-2-6-21(20)27(29(28)32(37)39)23-8-4-3-7-22(23)26/h1-15,26-29H,16H2/b36-15-/t26?,27?,28-,29-/m1/s1. The summed E-state index contributed by atoms with van der Waals surface area (Å²) in [6.07, 6.45) is 1.55. The Hall–Kier alpha value is -3.26. The van der Waals surface area contributed by atoms with Crippen LogP contribution in [0, 0.1) is 11.8 Å². The maximum Gasteiger partial charge on any atom is 0.254 e. The van der Waals surface area contributed by atoms with Crippen LogP contribution in [0.4, 0.5) is 0 Å². The molecular formula is C32H21Br2ClN2O3. The maximum absolute atomic E-state index is 13.8. The van der Waals surface area contributed by atoms with Crippen molar-refractivity contribution in [2.45, 2.75) is 18.4 Å². The monoisotopic (exact) mass is 674 g/mol. The van der Waals surface area contributed by atoms with Crippen LogP contribution in [-0.2, 0) is 16.2 Å². The van der Waals surface area contributed by atoms with Gasteiger partial charge in [0.2, 0.25) is 0 Å². The average molecular weight is 677 g/mol. The second-order valence-corrected chi connectivity index (χ2v) is 12.4. The number of halogens is 3. The molecule has 198 valence electrons. The molecule has 1 fully saturated rings. The number of hydrogen-bond acceptors (Lipinski definition) is 4. The van der Waals surface area contributed by atoms with E-state index in [-0.39, 0.29) is 23.7 Å². The summed E-state index contributed by atoms with van der Waals surface area (Å²) < 4.78 is 7.45. The van der Waals surface area contributed by atoms with E-state index in [1.165, 1.54) is 0 Å². The zero-order chi connectivity index (χ0) is 27.5. The van der Waals surface area contributed by atoms with E-state index in [2.05, 4.69) is 61.2 Å². The zero-order valence-corrected chi connectivity index (χ0v) is 24.9. The summed E-state index contributed by atoms with van der Waals surface area (Å²) in [6, 6.07) is 27.6. The maximum atomic E-state index is 13.8. The second kappa shape index (κ2) is 9.98. The van der Waals surface area contributed by atoms with Crippen LogP contribution in [0.3, 0.4) is 0 Å². The lowest BCUT2D eigenvalue weighted by molar-refractivity contribution is -0.139. The van der Waals surface area contributed by atoms with E-state index >= 15 is 0 Å². The fourth-order valence-electron chi connectivity index (χ4n) is 6.43. The first-order chi connectivity index (χ1) is 19.4. The smallest absolute Gasteiger partial charge is 0.254 e. The summed E-state index contributed by atoms with van der Waals surface area (Å²) in [5.41, 5.74) is 6.26. The Morgan fingerprint density at radius 3 is 1.73 bits per heavy atom. The van der Waals surface area contributed by atoms with Gasteiger partial charge in [-0.15, -0.1) is 0 Å². The minimum atomic E-state index is -0.457. The quantitative estimate of drug-likeness (QED) is 0.161. The Morgan fingerprint density at radius 2 is 1.25 bits per heavy atom. The van der Waals surface area contributed by atoms with Crippen molar-refractivity contribution in [1.29, 1.82) is 0 Å². The van der Waals surface area contributed by atoms with Gasteiger partial charge in [0, 0.05) is 16.9 Å². The molecule has 3 aliphatic carbocycles. The van der Waals surface area contributed by atoms with Crippen LogP contribution in [0.25, 0.3) is 0 Å². The predicted molar refractivity (Wildman–Crippen MR) is 161 cm³/mol. The number of amides is 2. The molecule has 8 rings (SSSR count). The van der Waals surface area contributed by atoms with E-state index in [0.717, 1.165) is 32.8 Å². The van der Waals surface area contributed by atoms with Crippen molar-refractivity contribution in [3.8, 4) is 5.75 Å². The Balaban J connectivity index is 1.16. The van der Waals surface area contributed by atoms with E-state index < -0.39 is 11.8 Å². The lowest BCUT2D eigenvalue weighted by Crippen LogP contribution is -2.41. The first-order valence-corrected chi connectivity index (χ1v) is 14.8. The molecule has 2 amide bonds. The summed E-state index contributed by atoms with van der Waals surface area (Å²) in [6.45, 7) is 0.370. The largest absolute Gasteiger partial charge is 0.487 e. The fraction of sp³-hybridized carbons (Fsp3) is 0.156. The van der Waals surface area contributed by atoms with Gasteiger partial charge in [0.15, 0.2) is 0 Å². The first-order valence-electron chi connectivity index (χ1n) is 12.9. The lowest BCUT2D eigenvalue weighted by atomic mass is 9.55. The third kappa shape index (κ3) is 4.06. The Morgan fingerprint density at radius 1 is 0.775 bits per heavy atom. The zero-order valence-electron chi connectivity index (χ0n) is 20.9. The van der Waals surface area contributed by atoms with E-state index in [1.54, 1.807) is 6.21 Å². The van der Waals surface area contributed by atoms with Gasteiger partial charge in [-0.2, -0.15) is 10.1 Å². The van der Waals surface area contributed by atoms with Gasteiger partial charge in [-0.3, -0.25) is 9.59 Å². The summed E-state index contributed by atoms with van der Waals surface area (Å²) in [5, 5.41) is 6.19. The molecule has 0 N–H and O–H groups in total. The molecule has 2 atom stereocenters. The van der Waals surface area contributed by atoms with Gasteiger partial charge in [-0.05, 0) is 89.5 Å². The van der Waals surface area contributed by atoms with Crippen molar-refractivity contribution in [2.24, 2.45) is 16.9 Å². The molecule has 4 aliphatic rings. The van der Waals surface area contributed by atoms with Crippen LogP contribution in [-0.4, -0.2) is 23.0 Å². The van der Waals surface area contributed by atoms with Crippen LogP contribution in [0.2, 0.25) is 5.02 Å². The first kappa shape index (κ1) is 25.7. The number of nitrogens with zero attached hydrogens (tertiary/aromatic N) is 2. The van der Waals surface area contributed by atoms with Crippen molar-refractivity contribution in [3.63, 3.8) is 0 Å². The highest BCUT2D eigenvalue weighted by Gasteiger charge is 2.61. The van der Waals surface area contributed by atoms with Crippen molar-refractivity contribution in [3.05, 3.63) is 132 Å². The molecule has 40 heavy (non-hydrogen) atoms. The SMILES string of the molecule is O=C1[C@@H]2C3c4ccccc4C(c4ccccc43)[C@H]2C(=O)N1/N=C\c1cc(Br)c(OCc2ccc(Cl)cc2)c(Br)c1. The molecular weight excluding hydrogens is 656 g/mol. The normalized spacial score (nSPS) is 22.4. The van der Waals surface area contributed by atoms with Crippen LogP contribution in [0.15, 0.2) is 99.0 Å². The molecule has 0 unspecified atom stereocenters. The van der Waals surface area contributed by atoms with Crippen molar-refractivity contribution >= 4 is 61.5 Å². The van der Waals surface area contributed by atoms with Crippen LogP contribution in [0.1, 0.15) is 45.2 Å². The minimum Gasteiger partial charge on any atom is -0.487 e. The van der Waals surface area contributed by atoms with Crippen molar-refractivity contribution in [2.75, 3.05) is 0 Å². The van der Waals surface area contributed by atoms with Gasteiger partial charge < -0.3 is 4.74 Å². The highest BCUT2D eigenvalue weighted by atomic mass is 79.9. The average Bonchev–Trinajstić information content (AvgIpc) is 3.22. The van der Waals surface area contributed by atoms with Crippen molar-refractivity contribution < 1.29 is 14.3 Å². The number of hydrazone groups is 1. The number of hydrogen-bond donors (Lipinski definition) is 0.